The summed E-state index contributed by atoms with van der Waals surface area (Å²) >= 11 is 0. The number of nitrogens with one attached hydrogen (secondary N) is 2. The van der Waals surface area contributed by atoms with Gasteiger partial charge in [-0.2, -0.15) is 5.10 Å². The summed E-state index contributed by atoms with van der Waals surface area (Å²) in [4.78, 5) is 45.4. The number of aromatic nitrogens is 5. The summed E-state index contributed by atoms with van der Waals surface area (Å²) in [5.41, 5.74) is 6.54. The molecule has 0 spiro atoms. The molecule has 0 bridgehead atoms. The highest BCUT2D eigenvalue weighted by Crippen LogP contribution is 2.40. The molecule has 3 aliphatic rings. The predicted molar refractivity (Wildman–Crippen MR) is 165 cm³/mol. The molecule has 0 radical (unpaired) electrons. The molecular weight excluding hydrogens is 560 g/mol. The van der Waals surface area contributed by atoms with Crippen LogP contribution in [0.15, 0.2) is 41.5 Å². The minimum Gasteiger partial charge on any atom is -0.461 e. The van der Waals surface area contributed by atoms with Crippen LogP contribution in [0.1, 0.15) is 53.8 Å². The number of aryl methyl sites for hydroxylation is 1. The summed E-state index contributed by atoms with van der Waals surface area (Å²) in [6, 6.07) is 7.55. The molecule has 4 aromatic rings. The second kappa shape index (κ2) is 10.5. The zero-order valence-corrected chi connectivity index (χ0v) is 25.4. The second-order valence-electron chi connectivity index (χ2n) is 12.7. The molecule has 1 aliphatic carbocycles. The van der Waals surface area contributed by atoms with Crippen LogP contribution in [0.2, 0.25) is 0 Å². The zero-order valence-electron chi connectivity index (χ0n) is 25.4. The zero-order chi connectivity index (χ0) is 30.7. The van der Waals surface area contributed by atoms with E-state index in [1.807, 2.05) is 22.9 Å². The van der Waals surface area contributed by atoms with Gasteiger partial charge in [0.1, 0.15) is 23.8 Å². The van der Waals surface area contributed by atoms with Crippen molar-refractivity contribution in [3.8, 4) is 11.1 Å². The first-order chi connectivity index (χ1) is 21.1. The highest BCUT2D eigenvalue weighted by atomic mass is 16.5. The molecule has 0 fully saturated rings. The van der Waals surface area contributed by atoms with Crippen molar-refractivity contribution < 1.29 is 14.3 Å². The summed E-state index contributed by atoms with van der Waals surface area (Å²) in [5, 5.41) is 11.2. The number of ether oxygens (including phenoxy) is 1. The summed E-state index contributed by atoms with van der Waals surface area (Å²) < 4.78 is 11.1. The number of amides is 1. The molecular formula is C32H36N8O4. The maximum atomic E-state index is 14.0. The van der Waals surface area contributed by atoms with Crippen LogP contribution in [-0.2, 0) is 55.7 Å². The van der Waals surface area contributed by atoms with Crippen molar-refractivity contribution in [1.82, 2.24) is 29.2 Å². The van der Waals surface area contributed by atoms with Crippen LogP contribution in [0.3, 0.4) is 0 Å². The lowest BCUT2D eigenvalue weighted by atomic mass is 9.90. The minimum absolute atomic E-state index is 0.0737. The van der Waals surface area contributed by atoms with E-state index in [2.05, 4.69) is 39.1 Å². The van der Waals surface area contributed by atoms with Gasteiger partial charge in [-0.1, -0.05) is 13.8 Å². The van der Waals surface area contributed by atoms with Gasteiger partial charge in [-0.05, 0) is 47.6 Å². The quantitative estimate of drug-likeness (QED) is 0.325. The number of pyridine rings is 2. The van der Waals surface area contributed by atoms with E-state index in [9.17, 15) is 14.4 Å². The van der Waals surface area contributed by atoms with E-state index in [0.29, 0.717) is 59.3 Å². The molecule has 7 rings (SSSR count). The lowest BCUT2D eigenvalue weighted by Gasteiger charge is -2.31. The fraction of sp³-hybridized carbons (Fsp3) is 0.406. The molecule has 228 valence electrons. The van der Waals surface area contributed by atoms with Crippen LogP contribution < -0.4 is 21.1 Å². The van der Waals surface area contributed by atoms with E-state index in [1.54, 1.807) is 30.4 Å². The number of hydrogen-bond acceptors (Lipinski definition) is 8. The summed E-state index contributed by atoms with van der Waals surface area (Å²) in [6.07, 6.45) is 5.28. The smallest absolute Gasteiger partial charge is 0.302 e. The highest BCUT2D eigenvalue weighted by Gasteiger charge is 2.37. The van der Waals surface area contributed by atoms with Crippen LogP contribution in [0, 0.1) is 5.41 Å². The second-order valence-corrected chi connectivity index (χ2v) is 12.7. The van der Waals surface area contributed by atoms with Gasteiger partial charge in [-0.25, -0.2) is 4.98 Å². The van der Waals surface area contributed by atoms with Gasteiger partial charge in [-0.15, -0.1) is 0 Å². The third kappa shape index (κ3) is 4.88. The van der Waals surface area contributed by atoms with Gasteiger partial charge in [0.15, 0.2) is 5.82 Å². The van der Waals surface area contributed by atoms with E-state index in [0.717, 1.165) is 31.6 Å². The Morgan fingerprint density at radius 1 is 1.14 bits per heavy atom. The van der Waals surface area contributed by atoms with Crippen LogP contribution in [0.5, 0.6) is 0 Å². The van der Waals surface area contributed by atoms with Gasteiger partial charge >= 0.3 is 5.97 Å². The summed E-state index contributed by atoms with van der Waals surface area (Å²) in [5.74, 6) is 0.466. The highest BCUT2D eigenvalue weighted by molar-refractivity contribution is 6.06. The first kappa shape index (κ1) is 28.1. The molecule has 4 aromatic heterocycles. The van der Waals surface area contributed by atoms with Gasteiger partial charge in [0.25, 0.3) is 11.5 Å². The number of carbonyl (C=O) groups is 2. The predicted octanol–water partition coefficient (Wildman–Crippen LogP) is 3.14. The Bertz CT molecular complexity index is 1860. The molecule has 0 unspecified atom stereocenters. The fourth-order valence-electron chi connectivity index (χ4n) is 6.75. The maximum absolute atomic E-state index is 14.0. The Balaban J connectivity index is 1.27. The molecule has 2 N–H and O–H groups in total. The fourth-order valence-corrected chi connectivity index (χ4v) is 6.75. The van der Waals surface area contributed by atoms with Gasteiger partial charge in [0.2, 0.25) is 0 Å². The first-order valence-electron chi connectivity index (χ1n) is 15.0. The van der Waals surface area contributed by atoms with Gasteiger partial charge in [-0.3, -0.25) is 24.0 Å². The summed E-state index contributed by atoms with van der Waals surface area (Å²) in [6.45, 7) is 9.21. The van der Waals surface area contributed by atoms with E-state index >= 15 is 0 Å². The molecule has 0 atom stereocenters. The van der Waals surface area contributed by atoms with Gasteiger partial charge in [0, 0.05) is 75.4 Å². The molecule has 44 heavy (non-hydrogen) atoms. The number of anilines is 3. The number of hydrogen-bond donors (Lipinski definition) is 2. The molecule has 12 heteroatoms. The Morgan fingerprint density at radius 3 is 2.77 bits per heavy atom. The van der Waals surface area contributed by atoms with Crippen LogP contribution in [-0.4, -0.2) is 48.9 Å². The Hall–Kier alpha value is -4.71. The SMILES string of the molecule is CC(=O)OCc1c(-c2cc(Nc3cc4n(n3)CCNC4)c(=O)n(C)c2)ccnc1N1CCn2c(cc3c2CC(C)(C)C3)C1=O. The molecule has 2 aliphatic heterocycles. The van der Waals surface area contributed by atoms with Gasteiger partial charge < -0.3 is 24.5 Å². The van der Waals surface area contributed by atoms with E-state index in [4.69, 9.17) is 4.74 Å². The summed E-state index contributed by atoms with van der Waals surface area (Å²) in [7, 11) is 1.69. The molecule has 0 aromatic carbocycles. The van der Waals surface area contributed by atoms with Crippen molar-refractivity contribution in [3.05, 3.63) is 75.2 Å². The van der Waals surface area contributed by atoms with E-state index in [-0.39, 0.29) is 23.5 Å². The van der Waals surface area contributed by atoms with Crippen LogP contribution in [0.25, 0.3) is 11.1 Å². The number of nitrogens with zero attached hydrogens (tertiary/aromatic N) is 6. The maximum Gasteiger partial charge on any atom is 0.302 e. The standard InChI is InChI=1S/C32H36N8O4/c1-19(41)44-18-24-23(21-11-25(30(42)37(4)17-21)35-28-13-22-16-33-7-8-40(22)36-28)5-6-34-29(24)39-10-9-38-26(31(39)43)12-20-14-32(2,3)15-27(20)38/h5-6,11-13,17,33H,7-10,14-16,18H2,1-4H3,(H,35,36). The van der Waals surface area contributed by atoms with Crippen molar-refractivity contribution in [3.63, 3.8) is 0 Å². The average Bonchev–Trinajstić information content (AvgIpc) is 3.64. The molecule has 12 nitrogen and oxygen atoms in total. The lowest BCUT2D eigenvalue weighted by Crippen LogP contribution is -2.41. The molecule has 0 saturated carbocycles. The monoisotopic (exact) mass is 596 g/mol. The lowest BCUT2D eigenvalue weighted by molar-refractivity contribution is -0.142. The van der Waals surface area contributed by atoms with E-state index in [1.165, 1.54) is 22.7 Å². The Labute approximate surface area is 254 Å². The van der Waals surface area contributed by atoms with Crippen molar-refractivity contribution >= 4 is 29.2 Å². The molecule has 6 heterocycles. The average molecular weight is 597 g/mol. The number of rotatable bonds is 6. The van der Waals surface area contributed by atoms with Gasteiger partial charge in [0.05, 0.1) is 12.2 Å². The number of fused-ring (bicyclic) bond motifs is 4. The minimum atomic E-state index is -0.440. The Morgan fingerprint density at radius 2 is 1.98 bits per heavy atom. The van der Waals surface area contributed by atoms with Crippen LogP contribution in [0.4, 0.5) is 17.3 Å². The van der Waals surface area contributed by atoms with E-state index < -0.39 is 5.97 Å². The number of esters is 1. The molecule has 1 amide bonds. The Kier molecular flexibility index (Phi) is 6.69. The first-order valence-corrected chi connectivity index (χ1v) is 15.0. The van der Waals surface area contributed by atoms with Crippen molar-refractivity contribution in [2.45, 2.75) is 59.9 Å². The van der Waals surface area contributed by atoms with Crippen molar-refractivity contribution in [1.29, 1.82) is 0 Å². The number of carbonyl (C=O) groups excluding carboxylic acids is 2. The molecule has 0 saturated heterocycles. The van der Waals surface area contributed by atoms with Crippen molar-refractivity contribution in [2.24, 2.45) is 12.5 Å². The van der Waals surface area contributed by atoms with Crippen LogP contribution >= 0.6 is 0 Å². The topological polar surface area (TPSA) is 128 Å². The largest absolute Gasteiger partial charge is 0.461 e. The third-order valence-corrected chi connectivity index (χ3v) is 8.76. The third-order valence-electron chi connectivity index (χ3n) is 8.76. The normalized spacial score (nSPS) is 16.8. The van der Waals surface area contributed by atoms with Crippen molar-refractivity contribution in [2.75, 3.05) is 23.3 Å².